The van der Waals surface area contributed by atoms with Gasteiger partial charge in [0.2, 0.25) is 5.91 Å². The third-order valence-corrected chi connectivity index (χ3v) is 3.67. The van der Waals surface area contributed by atoms with Gasteiger partial charge in [0.25, 0.3) is 0 Å². The van der Waals surface area contributed by atoms with Crippen molar-refractivity contribution in [2.45, 2.75) is 26.7 Å². The van der Waals surface area contributed by atoms with Crippen LogP contribution < -0.4 is 10.2 Å². The Morgan fingerprint density at radius 1 is 1.13 bits per heavy atom. The molecule has 0 radical (unpaired) electrons. The van der Waals surface area contributed by atoms with E-state index >= 15 is 0 Å². The summed E-state index contributed by atoms with van der Waals surface area (Å²) < 4.78 is 0. The molecule has 1 heterocycles. The summed E-state index contributed by atoms with van der Waals surface area (Å²) in [6.45, 7) is 5.02. The van der Waals surface area contributed by atoms with Crippen LogP contribution in [0.3, 0.4) is 0 Å². The molecule has 0 aliphatic rings. The molecule has 0 saturated heterocycles. The van der Waals surface area contributed by atoms with Crippen LogP contribution in [-0.4, -0.2) is 24.5 Å². The topological polar surface area (TPSA) is 45.2 Å². The van der Waals surface area contributed by atoms with Crippen molar-refractivity contribution in [3.63, 3.8) is 0 Å². The van der Waals surface area contributed by atoms with Gasteiger partial charge in [-0.05, 0) is 54.3 Å². The van der Waals surface area contributed by atoms with Gasteiger partial charge in [-0.2, -0.15) is 0 Å². The van der Waals surface area contributed by atoms with E-state index in [1.165, 1.54) is 5.56 Å². The first kappa shape index (κ1) is 17.0. The van der Waals surface area contributed by atoms with E-state index in [0.29, 0.717) is 12.3 Å². The quantitative estimate of drug-likeness (QED) is 0.847. The lowest BCUT2D eigenvalue weighted by Crippen LogP contribution is -2.20. The zero-order valence-corrected chi connectivity index (χ0v) is 14.1. The maximum absolute atomic E-state index is 11.8. The van der Waals surface area contributed by atoms with Crippen LogP contribution in [0, 0.1) is 5.92 Å². The molecule has 1 amide bonds. The second-order valence-electron chi connectivity index (χ2n) is 6.22. The van der Waals surface area contributed by atoms with Crippen molar-refractivity contribution >= 4 is 17.3 Å². The number of hydrogen-bond acceptors (Lipinski definition) is 3. The van der Waals surface area contributed by atoms with Gasteiger partial charge in [0.05, 0.1) is 0 Å². The summed E-state index contributed by atoms with van der Waals surface area (Å²) in [5.74, 6) is 0.437. The zero-order chi connectivity index (χ0) is 16.7. The monoisotopic (exact) mass is 311 g/mol. The molecule has 0 aliphatic carbocycles. The molecule has 0 spiro atoms. The van der Waals surface area contributed by atoms with E-state index in [0.717, 1.165) is 24.3 Å². The number of nitrogens with one attached hydrogen (secondary N) is 1. The van der Waals surface area contributed by atoms with Crippen LogP contribution in [-0.2, 0) is 11.2 Å². The Morgan fingerprint density at radius 3 is 2.39 bits per heavy atom. The second kappa shape index (κ2) is 8.32. The third-order valence-electron chi connectivity index (χ3n) is 3.67. The van der Waals surface area contributed by atoms with E-state index in [-0.39, 0.29) is 5.91 Å². The molecule has 1 N–H and O–H groups in total. The third kappa shape index (κ3) is 5.74. The summed E-state index contributed by atoms with van der Waals surface area (Å²) in [7, 11) is 2.08. The first-order chi connectivity index (χ1) is 11.0. The number of carbonyl (C=O) groups is 1. The number of pyridine rings is 1. The van der Waals surface area contributed by atoms with E-state index in [9.17, 15) is 4.79 Å². The molecule has 2 rings (SSSR count). The van der Waals surface area contributed by atoms with Crippen LogP contribution in [0.1, 0.15) is 25.8 Å². The van der Waals surface area contributed by atoms with Gasteiger partial charge in [0, 0.05) is 43.8 Å². The van der Waals surface area contributed by atoms with E-state index in [2.05, 4.69) is 22.2 Å². The fraction of sp³-hybridized carbons (Fsp3) is 0.368. The second-order valence-corrected chi connectivity index (χ2v) is 6.22. The van der Waals surface area contributed by atoms with Crippen LogP contribution in [0.15, 0.2) is 48.8 Å². The molecular weight excluding hydrogens is 286 g/mol. The number of nitrogens with zero attached hydrogens (tertiary/aromatic N) is 2. The largest absolute Gasteiger partial charge is 0.374 e. The van der Waals surface area contributed by atoms with Crippen molar-refractivity contribution in [1.82, 2.24) is 4.98 Å². The summed E-state index contributed by atoms with van der Waals surface area (Å²) in [6.07, 6.45) is 5.17. The van der Waals surface area contributed by atoms with Crippen LogP contribution in [0.25, 0.3) is 0 Å². The lowest BCUT2D eigenvalue weighted by atomic mass is 10.1. The Kier molecular flexibility index (Phi) is 6.15. The predicted octanol–water partition coefficient (Wildman–Crippen LogP) is 3.75. The minimum Gasteiger partial charge on any atom is -0.374 e. The predicted molar refractivity (Wildman–Crippen MR) is 95.7 cm³/mol. The Balaban J connectivity index is 1.87. The standard InChI is InChI=1S/C19H25N3O/c1-15(2)14-19(23)21-17-4-6-18(7-5-17)22(3)13-10-16-8-11-20-12-9-16/h4-9,11-12,15H,10,13-14H2,1-3H3,(H,21,23). The normalized spacial score (nSPS) is 10.6. The Hall–Kier alpha value is -2.36. The van der Waals surface area contributed by atoms with Crippen molar-refractivity contribution in [3.8, 4) is 0 Å². The van der Waals surface area contributed by atoms with Crippen LogP contribution in [0.5, 0.6) is 0 Å². The molecule has 2 aromatic rings. The minimum absolute atomic E-state index is 0.0683. The van der Waals surface area contributed by atoms with E-state index in [1.54, 1.807) is 0 Å². The summed E-state index contributed by atoms with van der Waals surface area (Å²) in [4.78, 5) is 18.0. The van der Waals surface area contributed by atoms with Gasteiger partial charge >= 0.3 is 0 Å². The highest BCUT2D eigenvalue weighted by atomic mass is 16.1. The highest BCUT2D eigenvalue weighted by Crippen LogP contribution is 2.18. The molecule has 4 heteroatoms. The molecule has 0 atom stereocenters. The Labute approximate surface area is 138 Å². The molecule has 0 fully saturated rings. The number of benzene rings is 1. The van der Waals surface area contributed by atoms with Crippen molar-refractivity contribution < 1.29 is 4.79 Å². The van der Waals surface area contributed by atoms with Gasteiger partial charge in [0.15, 0.2) is 0 Å². The van der Waals surface area contributed by atoms with Crippen LogP contribution in [0.2, 0.25) is 0 Å². The Bertz CT molecular complexity index is 608. The molecule has 0 saturated carbocycles. The molecule has 4 nitrogen and oxygen atoms in total. The summed E-state index contributed by atoms with van der Waals surface area (Å²) in [5, 5.41) is 2.93. The van der Waals surface area contributed by atoms with Gasteiger partial charge in [-0.1, -0.05) is 13.8 Å². The van der Waals surface area contributed by atoms with Gasteiger partial charge in [-0.15, -0.1) is 0 Å². The fourth-order valence-corrected chi connectivity index (χ4v) is 2.36. The van der Waals surface area contributed by atoms with Crippen molar-refractivity contribution in [2.75, 3.05) is 23.8 Å². The molecular formula is C19H25N3O. The SMILES string of the molecule is CC(C)CC(=O)Nc1ccc(N(C)CCc2ccncc2)cc1. The van der Waals surface area contributed by atoms with Crippen molar-refractivity contribution in [2.24, 2.45) is 5.92 Å². The number of rotatable bonds is 7. The molecule has 0 aliphatic heterocycles. The average Bonchev–Trinajstić information content (AvgIpc) is 2.53. The van der Waals surface area contributed by atoms with Crippen molar-refractivity contribution in [1.29, 1.82) is 0 Å². The maximum atomic E-state index is 11.8. The number of anilines is 2. The van der Waals surface area contributed by atoms with Gasteiger partial charge in [-0.25, -0.2) is 0 Å². The first-order valence-corrected chi connectivity index (χ1v) is 8.04. The molecule has 0 bridgehead atoms. The summed E-state index contributed by atoms with van der Waals surface area (Å²) >= 11 is 0. The van der Waals surface area contributed by atoms with E-state index in [1.807, 2.05) is 62.6 Å². The molecule has 0 unspecified atom stereocenters. The maximum Gasteiger partial charge on any atom is 0.224 e. The average molecular weight is 311 g/mol. The summed E-state index contributed by atoms with van der Waals surface area (Å²) in [5.41, 5.74) is 3.27. The minimum atomic E-state index is 0.0683. The lowest BCUT2D eigenvalue weighted by Gasteiger charge is -2.19. The number of likely N-dealkylation sites (N-methyl/N-ethyl adjacent to an activating group) is 1. The lowest BCUT2D eigenvalue weighted by molar-refractivity contribution is -0.116. The van der Waals surface area contributed by atoms with Crippen LogP contribution in [0.4, 0.5) is 11.4 Å². The smallest absolute Gasteiger partial charge is 0.224 e. The number of amides is 1. The van der Waals surface area contributed by atoms with Crippen LogP contribution >= 0.6 is 0 Å². The molecule has 1 aromatic carbocycles. The molecule has 1 aromatic heterocycles. The van der Waals surface area contributed by atoms with E-state index < -0.39 is 0 Å². The van der Waals surface area contributed by atoms with Crippen molar-refractivity contribution in [3.05, 3.63) is 54.4 Å². The molecule has 23 heavy (non-hydrogen) atoms. The summed E-state index contributed by atoms with van der Waals surface area (Å²) in [6, 6.07) is 12.1. The zero-order valence-electron chi connectivity index (χ0n) is 14.1. The number of hydrogen-bond donors (Lipinski definition) is 1. The van der Waals surface area contributed by atoms with E-state index in [4.69, 9.17) is 0 Å². The highest BCUT2D eigenvalue weighted by Gasteiger charge is 2.06. The van der Waals surface area contributed by atoms with Gasteiger partial charge < -0.3 is 10.2 Å². The number of aromatic nitrogens is 1. The molecule has 122 valence electrons. The van der Waals surface area contributed by atoms with Gasteiger partial charge in [0.1, 0.15) is 0 Å². The highest BCUT2D eigenvalue weighted by molar-refractivity contribution is 5.90. The van der Waals surface area contributed by atoms with Gasteiger partial charge in [-0.3, -0.25) is 9.78 Å². The number of carbonyl (C=O) groups excluding carboxylic acids is 1. The fourth-order valence-electron chi connectivity index (χ4n) is 2.36. The first-order valence-electron chi connectivity index (χ1n) is 8.04. The Morgan fingerprint density at radius 2 is 1.78 bits per heavy atom.